The maximum Gasteiger partial charge on any atom is 0.330 e. The van der Waals surface area contributed by atoms with E-state index in [-0.39, 0.29) is 6.61 Å². The first-order valence-corrected chi connectivity index (χ1v) is 3.38. The first kappa shape index (κ1) is 11.1. The Labute approximate surface area is 69.9 Å². The Morgan fingerprint density at radius 2 is 2.08 bits per heavy atom. The van der Waals surface area contributed by atoms with Gasteiger partial charge in [-0.05, 0) is 0 Å². The average Bonchev–Trinajstić information content (AvgIpc) is 2.11. The molecule has 0 aliphatic carbocycles. The highest BCUT2D eigenvalue weighted by Crippen LogP contribution is 1.93. The van der Waals surface area contributed by atoms with Gasteiger partial charge in [0.1, 0.15) is 18.8 Å². The fourth-order valence-corrected chi connectivity index (χ4v) is 0.459. The summed E-state index contributed by atoms with van der Waals surface area (Å²) < 4.78 is 4.40. The first-order chi connectivity index (χ1) is 5.61. The van der Waals surface area contributed by atoms with Crippen LogP contribution in [0.3, 0.4) is 0 Å². The van der Waals surface area contributed by atoms with Gasteiger partial charge in [0, 0.05) is 6.08 Å². The Hall–Kier alpha value is -0.910. The van der Waals surface area contributed by atoms with Gasteiger partial charge >= 0.3 is 5.97 Å². The number of aliphatic hydroxyl groups excluding tert-OH is 3. The molecule has 70 valence electrons. The third-order valence-corrected chi connectivity index (χ3v) is 1.19. The highest BCUT2D eigenvalue weighted by Gasteiger charge is 2.16. The monoisotopic (exact) mass is 176 g/mol. The average molecular weight is 176 g/mol. The van der Waals surface area contributed by atoms with Crippen LogP contribution in [0.25, 0.3) is 0 Å². The normalized spacial score (nSPS) is 14.9. The highest BCUT2D eigenvalue weighted by atomic mass is 16.5. The van der Waals surface area contributed by atoms with Gasteiger partial charge in [-0.2, -0.15) is 0 Å². The van der Waals surface area contributed by atoms with Crippen LogP contribution in [0.2, 0.25) is 0 Å². The zero-order chi connectivity index (χ0) is 9.56. The van der Waals surface area contributed by atoms with Crippen molar-refractivity contribution in [2.75, 3.05) is 13.2 Å². The third-order valence-electron chi connectivity index (χ3n) is 1.19. The fourth-order valence-electron chi connectivity index (χ4n) is 0.459. The molecule has 0 aliphatic rings. The van der Waals surface area contributed by atoms with Crippen LogP contribution in [-0.2, 0) is 9.53 Å². The molecule has 0 aromatic carbocycles. The number of rotatable bonds is 5. The largest absolute Gasteiger partial charge is 0.460 e. The molecule has 0 saturated carbocycles. The van der Waals surface area contributed by atoms with Crippen molar-refractivity contribution in [2.45, 2.75) is 12.2 Å². The van der Waals surface area contributed by atoms with Gasteiger partial charge in [0.05, 0.1) is 6.61 Å². The number of carbonyl (C=O) groups is 1. The Balaban J connectivity index is 3.62. The van der Waals surface area contributed by atoms with E-state index in [4.69, 9.17) is 15.3 Å². The van der Waals surface area contributed by atoms with Crippen LogP contribution in [0.5, 0.6) is 0 Å². The Bertz CT molecular complexity index is 156. The molecule has 5 nitrogen and oxygen atoms in total. The summed E-state index contributed by atoms with van der Waals surface area (Å²) in [6.45, 7) is 2.20. The molecule has 3 N–H and O–H groups in total. The highest BCUT2D eigenvalue weighted by molar-refractivity contribution is 5.81. The van der Waals surface area contributed by atoms with Gasteiger partial charge in [-0.3, -0.25) is 0 Å². The van der Waals surface area contributed by atoms with Crippen molar-refractivity contribution >= 4 is 5.97 Å². The molecule has 0 rings (SSSR count). The second-order valence-corrected chi connectivity index (χ2v) is 2.15. The van der Waals surface area contributed by atoms with Crippen LogP contribution in [0.1, 0.15) is 0 Å². The van der Waals surface area contributed by atoms with E-state index in [1.54, 1.807) is 0 Å². The van der Waals surface area contributed by atoms with E-state index in [0.717, 1.165) is 6.08 Å². The summed E-state index contributed by atoms with van der Waals surface area (Å²) in [6, 6.07) is 0. The molecule has 0 aromatic rings. The van der Waals surface area contributed by atoms with Crippen LogP contribution in [-0.4, -0.2) is 46.7 Å². The molecule has 0 unspecified atom stereocenters. The smallest absolute Gasteiger partial charge is 0.330 e. The van der Waals surface area contributed by atoms with Gasteiger partial charge < -0.3 is 20.1 Å². The minimum Gasteiger partial charge on any atom is -0.460 e. The minimum absolute atomic E-state index is 0.355. The van der Waals surface area contributed by atoms with Crippen LogP contribution in [0.15, 0.2) is 12.7 Å². The van der Waals surface area contributed by atoms with Gasteiger partial charge in [-0.1, -0.05) is 6.58 Å². The van der Waals surface area contributed by atoms with Crippen molar-refractivity contribution in [3.05, 3.63) is 12.7 Å². The summed E-state index contributed by atoms with van der Waals surface area (Å²) in [5, 5.41) is 26.1. The molecule has 0 aliphatic heterocycles. The molecule has 0 heterocycles. The van der Waals surface area contributed by atoms with E-state index in [1.165, 1.54) is 0 Å². The fraction of sp³-hybridized carbons (Fsp3) is 0.571. The van der Waals surface area contributed by atoms with E-state index in [1.807, 2.05) is 0 Å². The summed E-state index contributed by atoms with van der Waals surface area (Å²) in [5.74, 6) is -0.681. The number of carbonyl (C=O) groups excluding carboxylic acids is 1. The molecule has 5 heteroatoms. The molecule has 0 aromatic heterocycles. The van der Waals surface area contributed by atoms with E-state index >= 15 is 0 Å². The summed E-state index contributed by atoms with van der Waals surface area (Å²) in [7, 11) is 0. The van der Waals surface area contributed by atoms with Crippen molar-refractivity contribution in [1.82, 2.24) is 0 Å². The lowest BCUT2D eigenvalue weighted by Crippen LogP contribution is -2.33. The maximum atomic E-state index is 10.4. The quantitative estimate of drug-likeness (QED) is 0.348. The van der Waals surface area contributed by atoms with Gasteiger partial charge in [0.25, 0.3) is 0 Å². The molecular formula is C7H12O5. The van der Waals surface area contributed by atoms with Crippen LogP contribution >= 0.6 is 0 Å². The molecule has 0 spiro atoms. The number of esters is 1. The zero-order valence-corrected chi connectivity index (χ0v) is 6.51. The number of aliphatic hydroxyl groups is 3. The molecule has 0 fully saturated rings. The van der Waals surface area contributed by atoms with Crippen molar-refractivity contribution in [2.24, 2.45) is 0 Å². The molecule has 0 amide bonds. The second kappa shape index (κ2) is 5.70. The van der Waals surface area contributed by atoms with E-state index in [0.29, 0.717) is 0 Å². The lowest BCUT2D eigenvalue weighted by atomic mass is 10.2. The van der Waals surface area contributed by atoms with Gasteiger partial charge in [0.2, 0.25) is 0 Å². The predicted molar refractivity (Wildman–Crippen MR) is 40.3 cm³/mol. The van der Waals surface area contributed by atoms with Crippen LogP contribution in [0.4, 0.5) is 0 Å². The van der Waals surface area contributed by atoms with Crippen molar-refractivity contribution in [1.29, 1.82) is 0 Å². The molecular weight excluding hydrogens is 164 g/mol. The second-order valence-electron chi connectivity index (χ2n) is 2.15. The molecule has 0 bridgehead atoms. The summed E-state index contributed by atoms with van der Waals surface area (Å²) in [4.78, 5) is 10.4. The summed E-state index contributed by atoms with van der Waals surface area (Å²) in [5.41, 5.74) is 0. The van der Waals surface area contributed by atoms with Gasteiger partial charge in [-0.25, -0.2) is 4.79 Å². The molecule has 0 radical (unpaired) electrons. The minimum atomic E-state index is -1.29. The Kier molecular flexibility index (Phi) is 5.27. The Morgan fingerprint density at radius 3 is 2.50 bits per heavy atom. The lowest BCUT2D eigenvalue weighted by Gasteiger charge is -2.14. The maximum absolute atomic E-state index is 10.4. The SMILES string of the molecule is C=CC(=O)OC[C@@H](O)[C@H](O)CO. The van der Waals surface area contributed by atoms with Gasteiger partial charge in [-0.15, -0.1) is 0 Å². The zero-order valence-electron chi connectivity index (χ0n) is 6.51. The topological polar surface area (TPSA) is 87.0 Å². The number of ether oxygens (including phenoxy) is 1. The first-order valence-electron chi connectivity index (χ1n) is 3.38. The molecule has 2 atom stereocenters. The van der Waals surface area contributed by atoms with E-state index in [2.05, 4.69) is 11.3 Å². The van der Waals surface area contributed by atoms with E-state index < -0.39 is 24.8 Å². The number of hydrogen-bond acceptors (Lipinski definition) is 5. The standard InChI is InChI=1S/C7H12O5/c1-2-7(11)12-4-6(10)5(9)3-8/h2,5-6,8-10H,1,3-4H2/t5-,6-/m1/s1. The van der Waals surface area contributed by atoms with Crippen LogP contribution in [0, 0.1) is 0 Å². The Morgan fingerprint density at radius 1 is 1.50 bits per heavy atom. The van der Waals surface area contributed by atoms with Crippen molar-refractivity contribution in [3.63, 3.8) is 0 Å². The van der Waals surface area contributed by atoms with Crippen LogP contribution < -0.4 is 0 Å². The van der Waals surface area contributed by atoms with Gasteiger partial charge in [0.15, 0.2) is 0 Å². The van der Waals surface area contributed by atoms with E-state index in [9.17, 15) is 4.79 Å². The van der Waals surface area contributed by atoms with Crippen molar-refractivity contribution in [3.8, 4) is 0 Å². The predicted octanol–water partition coefficient (Wildman–Crippen LogP) is -1.57. The molecule has 12 heavy (non-hydrogen) atoms. The lowest BCUT2D eigenvalue weighted by molar-refractivity contribution is -0.143. The summed E-state index contributed by atoms with van der Waals surface area (Å²) in [6.07, 6.45) is -1.61. The number of hydrogen-bond donors (Lipinski definition) is 3. The molecule has 0 saturated heterocycles. The third kappa shape index (κ3) is 4.07. The summed E-state index contributed by atoms with van der Waals surface area (Å²) >= 11 is 0. The van der Waals surface area contributed by atoms with Crippen molar-refractivity contribution < 1.29 is 24.9 Å².